The molecule has 62 valence electrons. The minimum atomic E-state index is -0.469. The number of hydrogen-bond donors (Lipinski definition) is 1. The maximum atomic E-state index is 10.5. The van der Waals surface area contributed by atoms with Gasteiger partial charge in [-0.3, -0.25) is 10.2 Å². The lowest BCUT2D eigenvalue weighted by Crippen LogP contribution is -2.08. The Kier molecular flexibility index (Phi) is 2.58. The monoisotopic (exact) mass is 163 g/mol. The molecule has 1 rings (SSSR count). The predicted octanol–water partition coefficient (Wildman–Crippen LogP) is 1.58. The van der Waals surface area contributed by atoms with Gasteiger partial charge in [0.25, 0.3) is 0 Å². The van der Waals surface area contributed by atoms with E-state index in [9.17, 15) is 4.79 Å². The average Bonchev–Trinajstić information content (AvgIpc) is 2.05. The molecule has 1 aromatic rings. The van der Waals surface area contributed by atoms with Crippen molar-refractivity contribution in [1.29, 1.82) is 5.41 Å². The molecule has 0 aliphatic carbocycles. The number of benzene rings is 1. The van der Waals surface area contributed by atoms with Gasteiger partial charge in [0.15, 0.2) is 0 Å². The highest BCUT2D eigenvalue weighted by Crippen LogP contribution is 2.00. The molecular formula is C9H9NO2. The molecule has 0 aromatic heterocycles. The molecule has 12 heavy (non-hydrogen) atoms. The molecule has 0 bridgehead atoms. The molecule has 0 atom stereocenters. The Balaban J connectivity index is 2.73. The van der Waals surface area contributed by atoms with E-state index in [1.807, 2.05) is 6.07 Å². The van der Waals surface area contributed by atoms with Crippen LogP contribution < -0.4 is 0 Å². The Morgan fingerprint density at radius 3 is 2.42 bits per heavy atom. The molecular weight excluding hydrogens is 154 g/mol. The van der Waals surface area contributed by atoms with Gasteiger partial charge in [-0.15, -0.1) is 0 Å². The Morgan fingerprint density at radius 1 is 1.33 bits per heavy atom. The summed E-state index contributed by atoms with van der Waals surface area (Å²) in [5.41, 5.74) is 0.604. The third-order valence-electron chi connectivity index (χ3n) is 1.28. The van der Waals surface area contributed by atoms with E-state index in [-0.39, 0.29) is 5.90 Å². The number of nitrogens with one attached hydrogen (secondary N) is 1. The topological polar surface area (TPSA) is 50.2 Å². The summed E-state index contributed by atoms with van der Waals surface area (Å²) in [5, 5.41) is 7.32. The van der Waals surface area contributed by atoms with Gasteiger partial charge >= 0.3 is 5.97 Å². The highest BCUT2D eigenvalue weighted by Gasteiger charge is 2.02. The standard InChI is InChI=1S/C9H9NO2/c1-7(11)12-9(10)8-5-3-2-4-6-8/h2-6,10H,1H3. The van der Waals surface area contributed by atoms with Crippen LogP contribution in [0.5, 0.6) is 0 Å². The Labute approximate surface area is 70.5 Å². The van der Waals surface area contributed by atoms with E-state index in [0.717, 1.165) is 0 Å². The first-order valence-electron chi connectivity index (χ1n) is 3.52. The molecule has 0 radical (unpaired) electrons. The molecule has 0 fully saturated rings. The van der Waals surface area contributed by atoms with Crippen molar-refractivity contribution in [2.75, 3.05) is 0 Å². The van der Waals surface area contributed by atoms with Crippen LogP contribution in [0.25, 0.3) is 0 Å². The summed E-state index contributed by atoms with van der Waals surface area (Å²) in [7, 11) is 0. The van der Waals surface area contributed by atoms with E-state index in [0.29, 0.717) is 5.56 Å². The predicted molar refractivity (Wildman–Crippen MR) is 45.0 cm³/mol. The molecule has 0 spiro atoms. The van der Waals surface area contributed by atoms with Gasteiger partial charge in [-0.05, 0) is 12.1 Å². The summed E-state index contributed by atoms with van der Waals surface area (Å²) >= 11 is 0. The number of carbonyl (C=O) groups excluding carboxylic acids is 1. The highest BCUT2D eigenvalue weighted by molar-refractivity contribution is 5.97. The number of hydrogen-bond acceptors (Lipinski definition) is 3. The van der Waals surface area contributed by atoms with E-state index in [1.54, 1.807) is 24.3 Å². The summed E-state index contributed by atoms with van der Waals surface area (Å²) in [5.74, 6) is -0.577. The fourth-order valence-electron chi connectivity index (χ4n) is 0.792. The first-order chi connectivity index (χ1) is 5.70. The third kappa shape index (κ3) is 2.20. The second kappa shape index (κ2) is 3.67. The van der Waals surface area contributed by atoms with Crippen LogP contribution >= 0.6 is 0 Å². The van der Waals surface area contributed by atoms with Crippen molar-refractivity contribution in [3.63, 3.8) is 0 Å². The Bertz CT molecular complexity index is 293. The quantitative estimate of drug-likeness (QED) is 0.388. The van der Waals surface area contributed by atoms with Gasteiger partial charge in [0.2, 0.25) is 5.90 Å². The van der Waals surface area contributed by atoms with Crippen molar-refractivity contribution < 1.29 is 9.53 Å². The van der Waals surface area contributed by atoms with Crippen molar-refractivity contribution >= 4 is 11.9 Å². The van der Waals surface area contributed by atoms with Crippen LogP contribution in [-0.4, -0.2) is 11.9 Å². The van der Waals surface area contributed by atoms with Crippen molar-refractivity contribution in [1.82, 2.24) is 0 Å². The summed E-state index contributed by atoms with van der Waals surface area (Å²) in [6.45, 7) is 1.28. The van der Waals surface area contributed by atoms with E-state index in [4.69, 9.17) is 5.41 Å². The van der Waals surface area contributed by atoms with Crippen molar-refractivity contribution in [3.05, 3.63) is 35.9 Å². The zero-order valence-electron chi connectivity index (χ0n) is 6.70. The zero-order valence-corrected chi connectivity index (χ0v) is 6.70. The van der Waals surface area contributed by atoms with Crippen LogP contribution in [0.4, 0.5) is 0 Å². The van der Waals surface area contributed by atoms with Gasteiger partial charge in [-0.2, -0.15) is 0 Å². The third-order valence-corrected chi connectivity index (χ3v) is 1.28. The van der Waals surface area contributed by atoms with E-state index in [2.05, 4.69) is 4.74 Å². The molecule has 3 heteroatoms. The molecule has 0 amide bonds. The van der Waals surface area contributed by atoms with Crippen LogP contribution in [0.3, 0.4) is 0 Å². The van der Waals surface area contributed by atoms with Crippen LogP contribution in [0, 0.1) is 5.41 Å². The van der Waals surface area contributed by atoms with Crippen LogP contribution in [0.2, 0.25) is 0 Å². The van der Waals surface area contributed by atoms with Crippen LogP contribution in [0.15, 0.2) is 30.3 Å². The van der Waals surface area contributed by atoms with Gasteiger partial charge in [-0.25, -0.2) is 0 Å². The van der Waals surface area contributed by atoms with Gasteiger partial charge in [0, 0.05) is 12.5 Å². The second-order valence-electron chi connectivity index (χ2n) is 2.29. The van der Waals surface area contributed by atoms with Gasteiger partial charge in [0.1, 0.15) is 0 Å². The van der Waals surface area contributed by atoms with E-state index >= 15 is 0 Å². The summed E-state index contributed by atoms with van der Waals surface area (Å²) < 4.78 is 4.58. The molecule has 0 saturated heterocycles. The van der Waals surface area contributed by atoms with Gasteiger partial charge in [-0.1, -0.05) is 18.2 Å². The molecule has 0 aliphatic heterocycles. The normalized spacial score (nSPS) is 9.08. The minimum absolute atomic E-state index is 0.108. The molecule has 1 aromatic carbocycles. The Morgan fingerprint density at radius 2 is 1.92 bits per heavy atom. The van der Waals surface area contributed by atoms with Crippen LogP contribution in [-0.2, 0) is 9.53 Å². The first-order valence-corrected chi connectivity index (χ1v) is 3.52. The maximum Gasteiger partial charge on any atom is 0.309 e. The molecule has 0 unspecified atom stereocenters. The first kappa shape index (κ1) is 8.46. The van der Waals surface area contributed by atoms with E-state index < -0.39 is 5.97 Å². The summed E-state index contributed by atoms with van der Waals surface area (Å²) in [4.78, 5) is 10.5. The summed E-state index contributed by atoms with van der Waals surface area (Å²) in [6, 6.07) is 8.84. The second-order valence-corrected chi connectivity index (χ2v) is 2.29. The highest BCUT2D eigenvalue weighted by atomic mass is 16.5. The minimum Gasteiger partial charge on any atom is -0.408 e. The van der Waals surface area contributed by atoms with Gasteiger partial charge in [0.05, 0.1) is 0 Å². The molecule has 0 heterocycles. The van der Waals surface area contributed by atoms with E-state index in [1.165, 1.54) is 6.92 Å². The largest absolute Gasteiger partial charge is 0.408 e. The molecule has 1 N–H and O–H groups in total. The number of rotatable bonds is 1. The number of esters is 1. The van der Waals surface area contributed by atoms with Crippen molar-refractivity contribution in [3.8, 4) is 0 Å². The lowest BCUT2D eigenvalue weighted by atomic mass is 10.2. The smallest absolute Gasteiger partial charge is 0.309 e. The number of ether oxygens (including phenoxy) is 1. The molecule has 0 saturated carbocycles. The van der Waals surface area contributed by atoms with Crippen molar-refractivity contribution in [2.24, 2.45) is 0 Å². The maximum absolute atomic E-state index is 10.5. The Hall–Kier alpha value is -1.64. The van der Waals surface area contributed by atoms with Crippen molar-refractivity contribution in [2.45, 2.75) is 6.92 Å². The zero-order chi connectivity index (χ0) is 8.97. The summed E-state index contributed by atoms with van der Waals surface area (Å²) in [6.07, 6.45) is 0. The van der Waals surface area contributed by atoms with Crippen LogP contribution in [0.1, 0.15) is 12.5 Å². The SMILES string of the molecule is CC(=O)OC(=N)c1ccccc1. The fourth-order valence-corrected chi connectivity index (χ4v) is 0.792. The average molecular weight is 163 g/mol. The lowest BCUT2D eigenvalue weighted by Gasteiger charge is -2.01. The molecule has 0 aliphatic rings. The number of carbonyl (C=O) groups is 1. The molecule has 3 nitrogen and oxygen atoms in total. The fraction of sp³-hybridized carbons (Fsp3) is 0.111. The van der Waals surface area contributed by atoms with Gasteiger partial charge < -0.3 is 4.74 Å². The lowest BCUT2D eigenvalue weighted by molar-refractivity contribution is -0.133.